The molecule has 4 nitrogen and oxygen atoms in total. The Labute approximate surface area is 172 Å². The molecule has 0 bridgehead atoms. The number of aliphatic imine (C=N–C) groups is 1. The van der Waals surface area contributed by atoms with Gasteiger partial charge in [0.25, 0.3) is 0 Å². The molecule has 0 aliphatic carbocycles. The van der Waals surface area contributed by atoms with Crippen LogP contribution in [0.3, 0.4) is 0 Å². The molecule has 4 heterocycles. The fourth-order valence-electron chi connectivity index (χ4n) is 4.79. The second-order valence-electron chi connectivity index (χ2n) is 8.23. The number of amidine groups is 1. The minimum atomic E-state index is 0.0794. The lowest BCUT2D eigenvalue weighted by Crippen LogP contribution is -2.30. The Balaban J connectivity index is 1.50. The Morgan fingerprint density at radius 1 is 1.07 bits per heavy atom. The van der Waals surface area contributed by atoms with Crippen LogP contribution in [0.2, 0.25) is 0 Å². The van der Waals surface area contributed by atoms with Crippen molar-refractivity contribution in [3.8, 4) is 0 Å². The highest BCUT2D eigenvalue weighted by molar-refractivity contribution is 8.14. The van der Waals surface area contributed by atoms with Crippen LogP contribution < -0.4 is 4.90 Å². The van der Waals surface area contributed by atoms with Crippen molar-refractivity contribution in [1.82, 2.24) is 9.88 Å². The third-order valence-electron chi connectivity index (χ3n) is 6.17. The number of thioether (sulfide) groups is 1. The van der Waals surface area contributed by atoms with E-state index in [1.165, 1.54) is 54.3 Å². The smallest absolute Gasteiger partial charge is 0.160 e. The molecule has 1 aromatic heterocycles. The molecule has 0 saturated carbocycles. The Bertz CT molecular complexity index is 875. The van der Waals surface area contributed by atoms with E-state index in [-0.39, 0.29) is 12.1 Å². The van der Waals surface area contributed by atoms with Crippen LogP contribution in [-0.2, 0) is 0 Å². The minimum absolute atomic E-state index is 0.0794. The van der Waals surface area contributed by atoms with Gasteiger partial charge in [-0.25, -0.2) is 0 Å². The van der Waals surface area contributed by atoms with Crippen LogP contribution >= 0.6 is 11.8 Å². The molecule has 0 unspecified atom stereocenters. The van der Waals surface area contributed by atoms with Gasteiger partial charge < -0.3 is 9.80 Å². The van der Waals surface area contributed by atoms with E-state index in [2.05, 4.69) is 59.0 Å². The van der Waals surface area contributed by atoms with Crippen LogP contribution in [0, 0.1) is 6.92 Å². The van der Waals surface area contributed by atoms with E-state index in [0.29, 0.717) is 5.25 Å². The highest BCUT2D eigenvalue weighted by Gasteiger charge is 2.43. The van der Waals surface area contributed by atoms with Gasteiger partial charge in [0.15, 0.2) is 5.17 Å². The summed E-state index contributed by atoms with van der Waals surface area (Å²) in [5.74, 6) is 0. The van der Waals surface area contributed by atoms with Gasteiger partial charge in [-0.05, 0) is 61.6 Å². The molecule has 3 atom stereocenters. The Morgan fingerprint density at radius 3 is 2.68 bits per heavy atom. The minimum Gasteiger partial charge on any atom is -0.372 e. The number of anilines is 1. The first-order chi connectivity index (χ1) is 13.7. The highest BCUT2D eigenvalue weighted by atomic mass is 32.2. The standard InChI is InChI=1S/C23H28N4S/c1-16-14-18(26-12-6-3-7-13-26)9-10-19(16)22-21(20-8-4-5-11-24-20)25-23-27(22)15-17(2)28-23/h4-5,8-11,14,17,21-22H,3,6-7,12-13,15H2,1-2H3/t17-,21+,22-/m0/s1. The molecule has 5 rings (SSSR count). The second kappa shape index (κ2) is 7.43. The lowest BCUT2D eigenvalue weighted by atomic mass is 9.92. The van der Waals surface area contributed by atoms with E-state index in [9.17, 15) is 0 Å². The lowest BCUT2D eigenvalue weighted by molar-refractivity contribution is 0.320. The molecular weight excluding hydrogens is 364 g/mol. The summed E-state index contributed by atoms with van der Waals surface area (Å²) in [5.41, 5.74) is 5.21. The van der Waals surface area contributed by atoms with Gasteiger partial charge in [-0.1, -0.05) is 30.8 Å². The molecule has 28 heavy (non-hydrogen) atoms. The van der Waals surface area contributed by atoms with Gasteiger partial charge in [0.1, 0.15) is 6.04 Å². The molecule has 3 aliphatic rings. The predicted molar refractivity (Wildman–Crippen MR) is 118 cm³/mol. The molecule has 2 fully saturated rings. The third-order valence-corrected chi connectivity index (χ3v) is 7.28. The van der Waals surface area contributed by atoms with Crippen molar-refractivity contribution in [3.05, 3.63) is 59.4 Å². The number of aromatic nitrogens is 1. The maximum Gasteiger partial charge on any atom is 0.160 e. The first-order valence-electron chi connectivity index (χ1n) is 10.5. The molecule has 2 aromatic rings. The predicted octanol–water partition coefficient (Wildman–Crippen LogP) is 4.97. The molecule has 2 saturated heterocycles. The molecule has 0 N–H and O–H groups in total. The molecular formula is C23H28N4S. The van der Waals surface area contributed by atoms with Gasteiger partial charge in [-0.15, -0.1) is 0 Å². The fraction of sp³-hybridized carbons (Fsp3) is 0.478. The maximum absolute atomic E-state index is 5.11. The summed E-state index contributed by atoms with van der Waals surface area (Å²) in [6.45, 7) is 8.00. The van der Waals surface area contributed by atoms with E-state index in [0.717, 1.165) is 12.2 Å². The van der Waals surface area contributed by atoms with Crippen LogP contribution in [0.5, 0.6) is 0 Å². The summed E-state index contributed by atoms with van der Waals surface area (Å²) in [7, 11) is 0. The van der Waals surface area contributed by atoms with Crippen molar-refractivity contribution >= 4 is 22.6 Å². The van der Waals surface area contributed by atoms with Gasteiger partial charge in [0, 0.05) is 36.8 Å². The molecule has 1 aromatic carbocycles. The highest BCUT2D eigenvalue weighted by Crippen LogP contribution is 2.48. The Hall–Kier alpha value is -2.01. The summed E-state index contributed by atoms with van der Waals surface area (Å²) in [4.78, 5) is 14.8. The Morgan fingerprint density at radius 2 is 1.93 bits per heavy atom. The van der Waals surface area contributed by atoms with E-state index in [1.807, 2.05) is 24.0 Å². The van der Waals surface area contributed by atoms with Crippen LogP contribution in [0.4, 0.5) is 5.69 Å². The summed E-state index contributed by atoms with van der Waals surface area (Å²) >= 11 is 1.90. The normalized spacial score (nSPS) is 27.1. The molecule has 0 amide bonds. The summed E-state index contributed by atoms with van der Waals surface area (Å²) in [6, 6.07) is 13.6. The molecule has 146 valence electrons. The van der Waals surface area contributed by atoms with E-state index < -0.39 is 0 Å². The number of fused-ring (bicyclic) bond motifs is 1. The number of aryl methyl sites for hydroxylation is 1. The van der Waals surface area contributed by atoms with Crippen molar-refractivity contribution in [2.75, 3.05) is 24.5 Å². The van der Waals surface area contributed by atoms with Gasteiger partial charge in [-0.3, -0.25) is 9.98 Å². The lowest BCUT2D eigenvalue weighted by Gasteiger charge is -2.31. The summed E-state index contributed by atoms with van der Waals surface area (Å²) in [6.07, 6.45) is 5.88. The quantitative estimate of drug-likeness (QED) is 0.738. The molecule has 0 spiro atoms. The van der Waals surface area contributed by atoms with Crippen LogP contribution in [0.25, 0.3) is 0 Å². The van der Waals surface area contributed by atoms with Crippen LogP contribution in [0.1, 0.15) is 55.1 Å². The van der Waals surface area contributed by atoms with Crippen molar-refractivity contribution < 1.29 is 0 Å². The monoisotopic (exact) mass is 392 g/mol. The molecule has 5 heteroatoms. The number of pyridine rings is 1. The summed E-state index contributed by atoms with van der Waals surface area (Å²) in [5, 5.41) is 1.78. The molecule has 0 radical (unpaired) electrons. The van der Waals surface area contributed by atoms with E-state index in [1.54, 1.807) is 0 Å². The zero-order valence-electron chi connectivity index (χ0n) is 16.7. The zero-order valence-corrected chi connectivity index (χ0v) is 17.5. The fourth-order valence-corrected chi connectivity index (χ4v) is 5.89. The number of benzene rings is 1. The van der Waals surface area contributed by atoms with Gasteiger partial charge in [0.05, 0.1) is 11.7 Å². The third kappa shape index (κ3) is 3.20. The molecule has 3 aliphatic heterocycles. The van der Waals surface area contributed by atoms with E-state index in [4.69, 9.17) is 4.99 Å². The van der Waals surface area contributed by atoms with Crippen molar-refractivity contribution in [3.63, 3.8) is 0 Å². The van der Waals surface area contributed by atoms with Gasteiger partial charge >= 0.3 is 0 Å². The average Bonchev–Trinajstić information content (AvgIpc) is 3.25. The van der Waals surface area contributed by atoms with Crippen LogP contribution in [-0.4, -0.2) is 39.9 Å². The van der Waals surface area contributed by atoms with E-state index >= 15 is 0 Å². The second-order valence-corrected chi connectivity index (χ2v) is 9.63. The number of rotatable bonds is 3. The van der Waals surface area contributed by atoms with Gasteiger partial charge in [-0.2, -0.15) is 0 Å². The average molecular weight is 393 g/mol. The maximum atomic E-state index is 5.11. The van der Waals surface area contributed by atoms with Crippen molar-refractivity contribution in [2.24, 2.45) is 4.99 Å². The SMILES string of the molecule is Cc1cc(N2CCCCC2)ccc1[C@H]1[C@@H](c2ccccn2)N=C2S[C@@H](C)CN21. The van der Waals surface area contributed by atoms with Gasteiger partial charge in [0.2, 0.25) is 0 Å². The summed E-state index contributed by atoms with van der Waals surface area (Å²) < 4.78 is 0. The zero-order chi connectivity index (χ0) is 19.1. The number of hydrogen-bond donors (Lipinski definition) is 0. The van der Waals surface area contributed by atoms with Crippen molar-refractivity contribution in [2.45, 2.75) is 50.4 Å². The number of hydrogen-bond acceptors (Lipinski definition) is 5. The number of piperidine rings is 1. The largest absolute Gasteiger partial charge is 0.372 e. The first kappa shape index (κ1) is 18.0. The van der Waals surface area contributed by atoms with Crippen molar-refractivity contribution in [1.29, 1.82) is 0 Å². The topological polar surface area (TPSA) is 31.7 Å². The van der Waals surface area contributed by atoms with Crippen LogP contribution in [0.15, 0.2) is 47.6 Å². The number of nitrogens with zero attached hydrogens (tertiary/aromatic N) is 4. The Kier molecular flexibility index (Phi) is 4.79. The first-order valence-corrected chi connectivity index (χ1v) is 11.4.